The topological polar surface area (TPSA) is 78.7 Å². The molecule has 1 fully saturated rings. The molecular weight excluding hydrogens is 352 g/mol. The molecule has 28 heavy (non-hydrogen) atoms. The second kappa shape index (κ2) is 8.99. The van der Waals surface area contributed by atoms with Crippen molar-refractivity contribution in [2.24, 2.45) is 5.73 Å². The molecule has 2 amide bonds. The van der Waals surface area contributed by atoms with E-state index in [9.17, 15) is 9.59 Å². The summed E-state index contributed by atoms with van der Waals surface area (Å²) in [6.07, 6.45) is 0. The van der Waals surface area contributed by atoms with Gasteiger partial charge in [-0.15, -0.1) is 0 Å². The summed E-state index contributed by atoms with van der Waals surface area (Å²) in [5, 5.41) is 2.92. The number of carbonyl (C=O) groups is 2. The number of hydrogen-bond donors (Lipinski definition) is 2. The Morgan fingerprint density at radius 2 is 1.75 bits per heavy atom. The number of carbonyl (C=O) groups excluding carboxylic acids is 2. The van der Waals surface area contributed by atoms with Gasteiger partial charge in [-0.3, -0.25) is 19.4 Å². The molecule has 6 heteroatoms. The molecule has 0 bridgehead atoms. The fraction of sp³-hybridized carbons (Fsp3) is 0.364. The molecule has 3 N–H and O–H groups in total. The lowest BCUT2D eigenvalue weighted by Gasteiger charge is -2.37. The molecule has 1 aliphatic heterocycles. The van der Waals surface area contributed by atoms with E-state index >= 15 is 0 Å². The number of anilines is 1. The SMILES string of the molecule is Cc1cccc(CN2CCN(C(C)C(=O)Nc3ccc(C(N)=O)cc3)CC2)c1. The number of rotatable bonds is 6. The van der Waals surface area contributed by atoms with Crippen molar-refractivity contribution < 1.29 is 9.59 Å². The van der Waals surface area contributed by atoms with Crippen LogP contribution in [0.25, 0.3) is 0 Å². The summed E-state index contributed by atoms with van der Waals surface area (Å²) in [6, 6.07) is 15.0. The number of aryl methyl sites for hydroxylation is 1. The maximum atomic E-state index is 12.6. The predicted molar refractivity (Wildman–Crippen MR) is 111 cm³/mol. The first-order valence-electron chi connectivity index (χ1n) is 9.65. The van der Waals surface area contributed by atoms with Crippen LogP contribution in [0.15, 0.2) is 48.5 Å². The Balaban J connectivity index is 1.49. The van der Waals surface area contributed by atoms with Crippen LogP contribution in [0.5, 0.6) is 0 Å². The van der Waals surface area contributed by atoms with E-state index in [1.807, 2.05) is 6.92 Å². The fourth-order valence-corrected chi connectivity index (χ4v) is 3.51. The van der Waals surface area contributed by atoms with Crippen LogP contribution in [0, 0.1) is 6.92 Å². The van der Waals surface area contributed by atoms with E-state index in [0.29, 0.717) is 11.3 Å². The zero-order chi connectivity index (χ0) is 20.1. The molecular formula is C22H28N4O2. The Labute approximate surface area is 166 Å². The highest BCUT2D eigenvalue weighted by molar-refractivity contribution is 5.96. The van der Waals surface area contributed by atoms with E-state index < -0.39 is 5.91 Å². The number of primary amides is 1. The second-order valence-electron chi connectivity index (χ2n) is 7.41. The van der Waals surface area contributed by atoms with Crippen LogP contribution >= 0.6 is 0 Å². The van der Waals surface area contributed by atoms with Crippen LogP contribution < -0.4 is 11.1 Å². The van der Waals surface area contributed by atoms with Crippen molar-refractivity contribution in [3.05, 3.63) is 65.2 Å². The Morgan fingerprint density at radius 1 is 1.07 bits per heavy atom. The van der Waals surface area contributed by atoms with E-state index in [4.69, 9.17) is 5.73 Å². The third-order valence-corrected chi connectivity index (χ3v) is 5.26. The van der Waals surface area contributed by atoms with E-state index in [1.165, 1.54) is 11.1 Å². The molecule has 3 rings (SSSR count). The minimum absolute atomic E-state index is 0.0426. The molecule has 1 atom stereocenters. The van der Waals surface area contributed by atoms with Crippen LogP contribution in [0.1, 0.15) is 28.4 Å². The van der Waals surface area contributed by atoms with Crippen molar-refractivity contribution in [3.8, 4) is 0 Å². The van der Waals surface area contributed by atoms with Gasteiger partial charge in [-0.25, -0.2) is 0 Å². The smallest absolute Gasteiger partial charge is 0.248 e. The van der Waals surface area contributed by atoms with Gasteiger partial charge in [0.15, 0.2) is 0 Å². The molecule has 1 saturated heterocycles. The van der Waals surface area contributed by atoms with Gasteiger partial charge >= 0.3 is 0 Å². The molecule has 6 nitrogen and oxygen atoms in total. The van der Waals surface area contributed by atoms with Gasteiger partial charge in [0, 0.05) is 44.0 Å². The van der Waals surface area contributed by atoms with Gasteiger partial charge in [-0.2, -0.15) is 0 Å². The van der Waals surface area contributed by atoms with Crippen molar-refractivity contribution in [2.75, 3.05) is 31.5 Å². The molecule has 1 aliphatic rings. The van der Waals surface area contributed by atoms with Gasteiger partial charge < -0.3 is 11.1 Å². The van der Waals surface area contributed by atoms with Gasteiger partial charge in [-0.05, 0) is 43.7 Å². The molecule has 0 radical (unpaired) electrons. The molecule has 148 valence electrons. The fourth-order valence-electron chi connectivity index (χ4n) is 3.51. The molecule has 2 aromatic rings. The summed E-state index contributed by atoms with van der Waals surface area (Å²) >= 11 is 0. The zero-order valence-electron chi connectivity index (χ0n) is 16.5. The van der Waals surface area contributed by atoms with Gasteiger partial charge in [0.1, 0.15) is 0 Å². The molecule has 0 aromatic heterocycles. The molecule has 1 heterocycles. The molecule has 2 aromatic carbocycles. The van der Waals surface area contributed by atoms with Crippen molar-refractivity contribution in [1.82, 2.24) is 9.80 Å². The average Bonchev–Trinajstić information content (AvgIpc) is 2.68. The zero-order valence-corrected chi connectivity index (χ0v) is 16.5. The summed E-state index contributed by atoms with van der Waals surface area (Å²) in [5.41, 5.74) is 8.95. The number of nitrogens with two attached hydrogens (primary N) is 1. The van der Waals surface area contributed by atoms with Crippen LogP contribution in [0.3, 0.4) is 0 Å². The number of nitrogens with one attached hydrogen (secondary N) is 1. The van der Waals surface area contributed by atoms with Crippen molar-refractivity contribution in [1.29, 1.82) is 0 Å². The molecule has 0 saturated carbocycles. The van der Waals surface area contributed by atoms with Crippen molar-refractivity contribution >= 4 is 17.5 Å². The quantitative estimate of drug-likeness (QED) is 0.806. The van der Waals surface area contributed by atoms with Crippen molar-refractivity contribution in [2.45, 2.75) is 26.4 Å². The van der Waals surface area contributed by atoms with Gasteiger partial charge in [0.25, 0.3) is 0 Å². The van der Waals surface area contributed by atoms with Crippen LogP contribution in [0.2, 0.25) is 0 Å². The summed E-state index contributed by atoms with van der Waals surface area (Å²) in [7, 11) is 0. The van der Waals surface area contributed by atoms with Gasteiger partial charge in [0.05, 0.1) is 6.04 Å². The first-order chi connectivity index (χ1) is 13.4. The normalized spacial score (nSPS) is 16.5. The van der Waals surface area contributed by atoms with Crippen LogP contribution in [0.4, 0.5) is 5.69 Å². The molecule has 0 aliphatic carbocycles. The van der Waals surface area contributed by atoms with Gasteiger partial charge in [-0.1, -0.05) is 29.8 Å². The molecule has 1 unspecified atom stereocenters. The lowest BCUT2D eigenvalue weighted by molar-refractivity contribution is -0.121. The van der Waals surface area contributed by atoms with Crippen LogP contribution in [-0.2, 0) is 11.3 Å². The number of amides is 2. The van der Waals surface area contributed by atoms with Crippen molar-refractivity contribution in [3.63, 3.8) is 0 Å². The third-order valence-electron chi connectivity index (χ3n) is 5.26. The van der Waals surface area contributed by atoms with E-state index in [2.05, 4.69) is 46.3 Å². The Hall–Kier alpha value is -2.70. The largest absolute Gasteiger partial charge is 0.366 e. The standard InChI is InChI=1S/C22H28N4O2/c1-16-4-3-5-18(14-16)15-25-10-12-26(13-11-25)17(2)22(28)24-20-8-6-19(7-9-20)21(23)27/h3-9,14,17H,10-13,15H2,1-2H3,(H2,23,27)(H,24,28). The lowest BCUT2D eigenvalue weighted by Crippen LogP contribution is -2.52. The first kappa shape index (κ1) is 20.0. The predicted octanol–water partition coefficient (Wildman–Crippen LogP) is 2.24. The highest BCUT2D eigenvalue weighted by Gasteiger charge is 2.25. The van der Waals surface area contributed by atoms with E-state index in [0.717, 1.165) is 32.7 Å². The highest BCUT2D eigenvalue weighted by Crippen LogP contribution is 2.14. The number of nitrogens with zero attached hydrogens (tertiary/aromatic N) is 2. The minimum atomic E-state index is -0.477. The van der Waals surface area contributed by atoms with E-state index in [-0.39, 0.29) is 11.9 Å². The Morgan fingerprint density at radius 3 is 2.36 bits per heavy atom. The summed E-state index contributed by atoms with van der Waals surface area (Å²) in [6.45, 7) is 8.61. The summed E-state index contributed by atoms with van der Waals surface area (Å²) in [4.78, 5) is 28.4. The summed E-state index contributed by atoms with van der Waals surface area (Å²) in [5.74, 6) is -0.520. The summed E-state index contributed by atoms with van der Waals surface area (Å²) < 4.78 is 0. The number of hydrogen-bond acceptors (Lipinski definition) is 4. The monoisotopic (exact) mass is 380 g/mol. The number of piperazine rings is 1. The average molecular weight is 380 g/mol. The molecule has 0 spiro atoms. The Bertz CT molecular complexity index is 827. The maximum absolute atomic E-state index is 12.6. The van der Waals surface area contributed by atoms with E-state index in [1.54, 1.807) is 24.3 Å². The highest BCUT2D eigenvalue weighted by atomic mass is 16.2. The second-order valence-corrected chi connectivity index (χ2v) is 7.41. The number of benzene rings is 2. The van der Waals surface area contributed by atoms with Gasteiger partial charge in [0.2, 0.25) is 11.8 Å². The minimum Gasteiger partial charge on any atom is -0.366 e. The van der Waals surface area contributed by atoms with Crippen LogP contribution in [-0.4, -0.2) is 53.8 Å². The first-order valence-corrected chi connectivity index (χ1v) is 9.65. The Kier molecular flexibility index (Phi) is 6.44. The third kappa shape index (κ3) is 5.18. The lowest BCUT2D eigenvalue weighted by atomic mass is 10.1. The maximum Gasteiger partial charge on any atom is 0.248 e.